The Hall–Kier alpha value is -1.75. The van der Waals surface area contributed by atoms with Crippen molar-refractivity contribution in [3.63, 3.8) is 0 Å². The summed E-state index contributed by atoms with van der Waals surface area (Å²) in [7, 11) is 0. The molecule has 1 aromatic rings. The van der Waals surface area contributed by atoms with E-state index < -0.39 is 0 Å². The zero-order chi connectivity index (χ0) is 8.97. The standard InChI is InChI=1S/C10H10N2/c1-8-5-9(3-2-4-11)7-10(12)6-8/h2-3,5-7H,12H2,1H3. The second-order valence-electron chi connectivity index (χ2n) is 2.64. The van der Waals surface area contributed by atoms with Gasteiger partial charge in [0.15, 0.2) is 0 Å². The number of nitrogen functional groups attached to an aromatic ring is 1. The molecule has 0 aliphatic carbocycles. The molecule has 1 rings (SSSR count). The fourth-order valence-electron chi connectivity index (χ4n) is 1.07. The maximum absolute atomic E-state index is 8.30. The first kappa shape index (κ1) is 8.35. The van der Waals surface area contributed by atoms with Crippen molar-refractivity contribution in [2.45, 2.75) is 6.92 Å². The summed E-state index contributed by atoms with van der Waals surface area (Å²) < 4.78 is 0. The molecule has 0 heterocycles. The Balaban J connectivity index is 3.03. The largest absolute Gasteiger partial charge is 0.399 e. The van der Waals surface area contributed by atoms with Crippen molar-refractivity contribution in [1.29, 1.82) is 5.26 Å². The first-order valence-electron chi connectivity index (χ1n) is 3.66. The summed E-state index contributed by atoms with van der Waals surface area (Å²) in [5.74, 6) is 0. The molecule has 0 aliphatic rings. The molecule has 0 fully saturated rings. The van der Waals surface area contributed by atoms with Crippen molar-refractivity contribution < 1.29 is 0 Å². The van der Waals surface area contributed by atoms with E-state index in [0.717, 1.165) is 16.8 Å². The van der Waals surface area contributed by atoms with Crippen LogP contribution in [0.1, 0.15) is 11.1 Å². The minimum atomic E-state index is 0.729. The van der Waals surface area contributed by atoms with Crippen LogP contribution in [0.25, 0.3) is 6.08 Å². The van der Waals surface area contributed by atoms with Crippen molar-refractivity contribution in [2.75, 3.05) is 5.73 Å². The molecule has 0 atom stereocenters. The summed E-state index contributed by atoms with van der Waals surface area (Å²) in [5.41, 5.74) is 8.41. The second kappa shape index (κ2) is 3.59. The van der Waals surface area contributed by atoms with E-state index in [2.05, 4.69) is 0 Å². The molecular weight excluding hydrogens is 148 g/mol. The third-order valence-corrected chi connectivity index (χ3v) is 1.47. The van der Waals surface area contributed by atoms with Gasteiger partial charge in [-0.2, -0.15) is 5.26 Å². The molecule has 0 unspecified atom stereocenters. The van der Waals surface area contributed by atoms with E-state index >= 15 is 0 Å². The molecule has 12 heavy (non-hydrogen) atoms. The molecule has 0 bridgehead atoms. The molecule has 0 saturated heterocycles. The first-order valence-corrected chi connectivity index (χ1v) is 3.66. The van der Waals surface area contributed by atoms with Gasteiger partial charge in [0.25, 0.3) is 0 Å². The number of anilines is 1. The Morgan fingerprint density at radius 3 is 2.75 bits per heavy atom. The third kappa shape index (κ3) is 2.14. The van der Waals surface area contributed by atoms with E-state index in [-0.39, 0.29) is 0 Å². The summed E-state index contributed by atoms with van der Waals surface area (Å²) in [4.78, 5) is 0. The second-order valence-corrected chi connectivity index (χ2v) is 2.64. The highest BCUT2D eigenvalue weighted by atomic mass is 14.5. The molecule has 0 radical (unpaired) electrons. The number of allylic oxidation sites excluding steroid dienone is 1. The quantitative estimate of drug-likeness (QED) is 0.502. The van der Waals surface area contributed by atoms with Gasteiger partial charge in [0.05, 0.1) is 6.07 Å². The molecule has 60 valence electrons. The van der Waals surface area contributed by atoms with Crippen molar-refractivity contribution in [2.24, 2.45) is 0 Å². The third-order valence-electron chi connectivity index (χ3n) is 1.47. The average molecular weight is 158 g/mol. The average Bonchev–Trinajstić information content (AvgIpc) is 1.99. The molecule has 0 aromatic heterocycles. The van der Waals surface area contributed by atoms with Gasteiger partial charge in [-0.05, 0) is 36.3 Å². The van der Waals surface area contributed by atoms with Crippen LogP contribution in [0.15, 0.2) is 24.3 Å². The summed E-state index contributed by atoms with van der Waals surface area (Å²) >= 11 is 0. The van der Waals surface area contributed by atoms with E-state index in [1.807, 2.05) is 31.2 Å². The number of benzene rings is 1. The van der Waals surface area contributed by atoms with Crippen LogP contribution >= 0.6 is 0 Å². The molecule has 2 nitrogen and oxygen atoms in total. The lowest BCUT2D eigenvalue weighted by Gasteiger charge is -1.98. The van der Waals surface area contributed by atoms with Crippen molar-refractivity contribution in [3.05, 3.63) is 35.4 Å². The maximum atomic E-state index is 8.30. The fourth-order valence-corrected chi connectivity index (χ4v) is 1.07. The number of hydrogen-bond donors (Lipinski definition) is 1. The van der Waals surface area contributed by atoms with E-state index in [1.165, 1.54) is 6.08 Å². The molecule has 2 heteroatoms. The van der Waals surface area contributed by atoms with Gasteiger partial charge in [0.2, 0.25) is 0 Å². The van der Waals surface area contributed by atoms with Crippen LogP contribution in [0.4, 0.5) is 5.69 Å². The van der Waals surface area contributed by atoms with Crippen molar-refractivity contribution in [1.82, 2.24) is 0 Å². The van der Waals surface area contributed by atoms with Gasteiger partial charge in [-0.25, -0.2) is 0 Å². The van der Waals surface area contributed by atoms with E-state index in [9.17, 15) is 0 Å². The van der Waals surface area contributed by atoms with Crippen LogP contribution < -0.4 is 5.73 Å². The molecule has 2 N–H and O–H groups in total. The highest BCUT2D eigenvalue weighted by Gasteiger charge is 1.91. The highest BCUT2D eigenvalue weighted by molar-refractivity contribution is 5.58. The number of nitrogens with zero attached hydrogens (tertiary/aromatic N) is 1. The normalized spacial score (nSPS) is 10.0. The van der Waals surface area contributed by atoms with Crippen LogP contribution in [-0.4, -0.2) is 0 Å². The van der Waals surface area contributed by atoms with Crippen LogP contribution in [0, 0.1) is 18.3 Å². The molecule has 0 saturated carbocycles. The zero-order valence-electron chi connectivity index (χ0n) is 6.91. The summed E-state index contributed by atoms with van der Waals surface area (Å²) in [6.07, 6.45) is 3.18. The summed E-state index contributed by atoms with van der Waals surface area (Å²) in [6.45, 7) is 1.97. The van der Waals surface area contributed by atoms with Gasteiger partial charge in [-0.3, -0.25) is 0 Å². The Morgan fingerprint density at radius 1 is 1.42 bits per heavy atom. The van der Waals surface area contributed by atoms with Crippen molar-refractivity contribution in [3.8, 4) is 6.07 Å². The van der Waals surface area contributed by atoms with Gasteiger partial charge in [0.1, 0.15) is 0 Å². The lowest BCUT2D eigenvalue weighted by Crippen LogP contribution is -1.86. The maximum Gasteiger partial charge on any atom is 0.0912 e. The van der Waals surface area contributed by atoms with E-state index in [4.69, 9.17) is 11.0 Å². The predicted octanol–water partition coefficient (Wildman–Crippen LogP) is 2.11. The highest BCUT2D eigenvalue weighted by Crippen LogP contribution is 2.12. The number of rotatable bonds is 1. The number of hydrogen-bond acceptors (Lipinski definition) is 2. The van der Waals surface area contributed by atoms with Gasteiger partial charge in [0, 0.05) is 11.8 Å². The Bertz CT molecular complexity index is 325. The van der Waals surface area contributed by atoms with E-state index in [0.29, 0.717) is 0 Å². The fraction of sp³-hybridized carbons (Fsp3) is 0.100. The topological polar surface area (TPSA) is 49.8 Å². The van der Waals surface area contributed by atoms with Crippen molar-refractivity contribution >= 4 is 11.8 Å². The molecule has 1 aromatic carbocycles. The summed E-state index contributed by atoms with van der Waals surface area (Å²) in [6, 6.07) is 7.64. The van der Waals surface area contributed by atoms with Gasteiger partial charge < -0.3 is 5.73 Å². The number of nitriles is 1. The SMILES string of the molecule is Cc1cc(N)cc(C=CC#N)c1. The van der Waals surface area contributed by atoms with Crippen LogP contribution in [-0.2, 0) is 0 Å². The Morgan fingerprint density at radius 2 is 2.17 bits per heavy atom. The predicted molar refractivity (Wildman–Crippen MR) is 50.2 cm³/mol. The van der Waals surface area contributed by atoms with Crippen LogP contribution in [0.2, 0.25) is 0 Å². The van der Waals surface area contributed by atoms with Crippen LogP contribution in [0.3, 0.4) is 0 Å². The van der Waals surface area contributed by atoms with Gasteiger partial charge in [-0.1, -0.05) is 6.07 Å². The Labute approximate surface area is 71.9 Å². The monoisotopic (exact) mass is 158 g/mol. The number of aryl methyl sites for hydroxylation is 1. The zero-order valence-corrected chi connectivity index (χ0v) is 6.91. The minimum Gasteiger partial charge on any atom is -0.399 e. The molecule has 0 aliphatic heterocycles. The first-order chi connectivity index (χ1) is 5.72. The summed E-state index contributed by atoms with van der Waals surface area (Å²) in [5, 5.41) is 8.30. The van der Waals surface area contributed by atoms with E-state index in [1.54, 1.807) is 6.08 Å². The Kier molecular flexibility index (Phi) is 2.49. The minimum absolute atomic E-state index is 0.729. The van der Waals surface area contributed by atoms with Gasteiger partial charge in [-0.15, -0.1) is 0 Å². The van der Waals surface area contributed by atoms with Crippen LogP contribution in [0.5, 0.6) is 0 Å². The lowest BCUT2D eigenvalue weighted by molar-refractivity contribution is 1.46. The molecule has 0 amide bonds. The lowest BCUT2D eigenvalue weighted by atomic mass is 10.1. The number of nitrogens with two attached hydrogens (primary N) is 1. The molecule has 0 spiro atoms. The smallest absolute Gasteiger partial charge is 0.0912 e. The van der Waals surface area contributed by atoms with Gasteiger partial charge >= 0.3 is 0 Å². The molecular formula is C10H10N2.